The Labute approximate surface area is 125 Å². The molecule has 3 rings (SSSR count). The van der Waals surface area contributed by atoms with Crippen LogP contribution in [0, 0.1) is 0 Å². The second kappa shape index (κ2) is 6.65. The molecule has 0 bridgehead atoms. The smallest absolute Gasteiger partial charge is 0.132 e. The first-order valence-corrected chi connectivity index (χ1v) is 7.20. The number of nitrogens with zero attached hydrogens (tertiary/aromatic N) is 3. The second-order valence-electron chi connectivity index (χ2n) is 5.24. The van der Waals surface area contributed by atoms with E-state index in [0.29, 0.717) is 19.3 Å². The van der Waals surface area contributed by atoms with Crippen molar-refractivity contribution < 1.29 is 4.74 Å². The standard InChI is InChI=1S/C16H20N4O/c1-17-15-8-20(9-15)16-7-14(18-12-19-16)11-21-10-13-5-3-2-4-6-13/h2-7,12,15,17H,8-11H2,1H3. The van der Waals surface area contributed by atoms with Crippen molar-refractivity contribution in [2.75, 3.05) is 25.0 Å². The SMILES string of the molecule is CNC1CN(c2cc(COCc3ccccc3)ncn2)C1. The van der Waals surface area contributed by atoms with E-state index in [9.17, 15) is 0 Å². The second-order valence-corrected chi connectivity index (χ2v) is 5.24. The Morgan fingerprint density at radius 3 is 2.76 bits per heavy atom. The lowest BCUT2D eigenvalue weighted by molar-refractivity contribution is 0.104. The van der Waals surface area contributed by atoms with Crippen LogP contribution in [0.5, 0.6) is 0 Å². The molecule has 1 aliphatic rings. The molecule has 1 aromatic heterocycles. The first-order chi connectivity index (χ1) is 10.3. The number of benzene rings is 1. The fraction of sp³-hybridized carbons (Fsp3) is 0.375. The van der Waals surface area contributed by atoms with Crippen molar-refractivity contribution in [1.29, 1.82) is 0 Å². The molecule has 5 nitrogen and oxygen atoms in total. The minimum atomic E-state index is 0.508. The molecule has 0 radical (unpaired) electrons. The Morgan fingerprint density at radius 1 is 1.19 bits per heavy atom. The first kappa shape index (κ1) is 14.0. The van der Waals surface area contributed by atoms with E-state index in [1.54, 1.807) is 6.33 Å². The molecule has 21 heavy (non-hydrogen) atoms. The summed E-state index contributed by atoms with van der Waals surface area (Å²) >= 11 is 0. The van der Waals surface area contributed by atoms with Gasteiger partial charge in [-0.15, -0.1) is 0 Å². The largest absolute Gasteiger partial charge is 0.370 e. The van der Waals surface area contributed by atoms with E-state index in [1.807, 2.05) is 31.3 Å². The van der Waals surface area contributed by atoms with Gasteiger partial charge in [0.1, 0.15) is 12.1 Å². The van der Waals surface area contributed by atoms with E-state index < -0.39 is 0 Å². The molecule has 0 amide bonds. The van der Waals surface area contributed by atoms with Crippen molar-refractivity contribution in [2.45, 2.75) is 19.3 Å². The maximum Gasteiger partial charge on any atom is 0.132 e. The van der Waals surface area contributed by atoms with Gasteiger partial charge in [-0.1, -0.05) is 30.3 Å². The van der Waals surface area contributed by atoms with E-state index in [-0.39, 0.29) is 0 Å². The van der Waals surface area contributed by atoms with Gasteiger partial charge in [-0.2, -0.15) is 0 Å². The van der Waals surface area contributed by atoms with Crippen LogP contribution in [0.2, 0.25) is 0 Å². The summed E-state index contributed by atoms with van der Waals surface area (Å²) in [5, 5.41) is 3.26. The molecule has 1 N–H and O–H groups in total. The van der Waals surface area contributed by atoms with Crippen LogP contribution in [-0.4, -0.2) is 36.1 Å². The third-order valence-corrected chi connectivity index (χ3v) is 3.68. The van der Waals surface area contributed by atoms with Crippen molar-refractivity contribution in [1.82, 2.24) is 15.3 Å². The van der Waals surface area contributed by atoms with Crippen LogP contribution in [0.3, 0.4) is 0 Å². The zero-order chi connectivity index (χ0) is 14.5. The zero-order valence-electron chi connectivity index (χ0n) is 12.2. The van der Waals surface area contributed by atoms with Crippen molar-refractivity contribution >= 4 is 5.82 Å². The van der Waals surface area contributed by atoms with Gasteiger partial charge in [-0.05, 0) is 12.6 Å². The van der Waals surface area contributed by atoms with Gasteiger partial charge >= 0.3 is 0 Å². The van der Waals surface area contributed by atoms with Gasteiger partial charge < -0.3 is 15.0 Å². The van der Waals surface area contributed by atoms with Crippen LogP contribution in [0.4, 0.5) is 5.82 Å². The lowest BCUT2D eigenvalue weighted by atomic mass is 10.1. The summed E-state index contributed by atoms with van der Waals surface area (Å²) in [4.78, 5) is 10.8. The average molecular weight is 284 g/mol. The molecular weight excluding hydrogens is 264 g/mol. The van der Waals surface area contributed by atoms with Crippen molar-refractivity contribution in [3.63, 3.8) is 0 Å². The van der Waals surface area contributed by atoms with E-state index in [2.05, 4.69) is 32.3 Å². The Hall–Kier alpha value is -1.98. The van der Waals surface area contributed by atoms with E-state index in [1.165, 1.54) is 5.56 Å². The van der Waals surface area contributed by atoms with Crippen LogP contribution >= 0.6 is 0 Å². The highest BCUT2D eigenvalue weighted by atomic mass is 16.5. The highest BCUT2D eigenvalue weighted by molar-refractivity contribution is 5.42. The van der Waals surface area contributed by atoms with Crippen molar-refractivity contribution in [3.8, 4) is 0 Å². The van der Waals surface area contributed by atoms with Crippen molar-refractivity contribution in [2.24, 2.45) is 0 Å². The van der Waals surface area contributed by atoms with Gasteiger partial charge in [-0.3, -0.25) is 0 Å². The molecule has 1 aromatic carbocycles. The third kappa shape index (κ3) is 3.56. The number of nitrogens with one attached hydrogen (secondary N) is 1. The minimum absolute atomic E-state index is 0.508. The summed E-state index contributed by atoms with van der Waals surface area (Å²) in [6.45, 7) is 3.11. The molecule has 5 heteroatoms. The lowest BCUT2D eigenvalue weighted by Gasteiger charge is -2.39. The number of aromatic nitrogens is 2. The quantitative estimate of drug-likeness (QED) is 0.873. The predicted molar refractivity (Wildman–Crippen MR) is 82.0 cm³/mol. The molecule has 2 aromatic rings. The Morgan fingerprint density at radius 2 is 2.00 bits per heavy atom. The summed E-state index contributed by atoms with van der Waals surface area (Å²) in [6.07, 6.45) is 1.61. The number of hydrogen-bond acceptors (Lipinski definition) is 5. The highest BCUT2D eigenvalue weighted by Crippen LogP contribution is 2.18. The maximum absolute atomic E-state index is 5.71. The fourth-order valence-corrected chi connectivity index (χ4v) is 2.33. The molecule has 1 saturated heterocycles. The van der Waals surface area contributed by atoms with Gasteiger partial charge in [0.25, 0.3) is 0 Å². The topological polar surface area (TPSA) is 50.3 Å². The summed E-state index contributed by atoms with van der Waals surface area (Å²) in [5.74, 6) is 0.981. The van der Waals surface area contributed by atoms with E-state index in [4.69, 9.17) is 4.74 Å². The Kier molecular flexibility index (Phi) is 4.43. The average Bonchev–Trinajstić information content (AvgIpc) is 2.48. The van der Waals surface area contributed by atoms with Crippen molar-refractivity contribution in [3.05, 3.63) is 54.0 Å². The fourth-order valence-electron chi connectivity index (χ4n) is 2.33. The van der Waals surface area contributed by atoms with Gasteiger partial charge in [-0.25, -0.2) is 9.97 Å². The van der Waals surface area contributed by atoms with Crippen LogP contribution in [0.15, 0.2) is 42.7 Å². The summed E-state index contributed by atoms with van der Waals surface area (Å²) in [5.41, 5.74) is 2.09. The molecule has 0 aliphatic carbocycles. The number of likely N-dealkylation sites (N-methyl/N-ethyl adjacent to an activating group) is 1. The Bertz CT molecular complexity index is 569. The number of ether oxygens (including phenoxy) is 1. The van der Waals surface area contributed by atoms with Gasteiger partial charge in [0.05, 0.1) is 18.9 Å². The van der Waals surface area contributed by atoms with Gasteiger partial charge in [0.15, 0.2) is 0 Å². The van der Waals surface area contributed by atoms with Crippen LogP contribution < -0.4 is 10.2 Å². The molecule has 0 saturated carbocycles. The molecule has 0 unspecified atom stereocenters. The zero-order valence-corrected chi connectivity index (χ0v) is 12.2. The Balaban J connectivity index is 1.52. The van der Waals surface area contributed by atoms with Crippen LogP contribution in [-0.2, 0) is 18.0 Å². The van der Waals surface area contributed by atoms with Gasteiger partial charge in [0.2, 0.25) is 0 Å². The summed E-state index contributed by atoms with van der Waals surface area (Å²) < 4.78 is 5.71. The predicted octanol–water partition coefficient (Wildman–Crippen LogP) is 1.60. The van der Waals surface area contributed by atoms with E-state index >= 15 is 0 Å². The lowest BCUT2D eigenvalue weighted by Crippen LogP contribution is -2.57. The molecule has 0 atom stereocenters. The normalized spacial score (nSPS) is 15.0. The highest BCUT2D eigenvalue weighted by Gasteiger charge is 2.26. The molecule has 2 heterocycles. The number of anilines is 1. The number of hydrogen-bond donors (Lipinski definition) is 1. The minimum Gasteiger partial charge on any atom is -0.370 e. The first-order valence-electron chi connectivity index (χ1n) is 7.20. The van der Waals surface area contributed by atoms with Gasteiger partial charge in [0, 0.05) is 25.2 Å². The monoisotopic (exact) mass is 284 g/mol. The van der Waals surface area contributed by atoms with Crippen LogP contribution in [0.25, 0.3) is 0 Å². The number of rotatable bonds is 6. The molecule has 1 fully saturated rings. The maximum atomic E-state index is 5.71. The third-order valence-electron chi connectivity index (χ3n) is 3.68. The van der Waals surface area contributed by atoms with Crippen LogP contribution in [0.1, 0.15) is 11.3 Å². The molecular formula is C16H20N4O. The summed E-state index contributed by atoms with van der Waals surface area (Å²) in [6, 6.07) is 12.7. The molecule has 1 aliphatic heterocycles. The van der Waals surface area contributed by atoms with E-state index in [0.717, 1.165) is 24.6 Å². The summed E-state index contributed by atoms with van der Waals surface area (Å²) in [7, 11) is 1.99. The molecule has 110 valence electrons. The molecule has 0 spiro atoms.